The minimum atomic E-state index is -0.639. The van der Waals surface area contributed by atoms with Crippen LogP contribution in [0.2, 0.25) is 0 Å². The summed E-state index contributed by atoms with van der Waals surface area (Å²) in [7, 11) is 0. The van der Waals surface area contributed by atoms with Gasteiger partial charge in [-0.05, 0) is 18.1 Å². The lowest BCUT2D eigenvalue weighted by molar-refractivity contribution is -0.124. The summed E-state index contributed by atoms with van der Waals surface area (Å²) in [5, 5.41) is 5.89. The van der Waals surface area contributed by atoms with E-state index in [2.05, 4.69) is 26.7 Å². The van der Waals surface area contributed by atoms with Gasteiger partial charge in [0.1, 0.15) is 6.04 Å². The molecule has 8 nitrogen and oxygen atoms in total. The van der Waals surface area contributed by atoms with Crippen molar-refractivity contribution in [3.63, 3.8) is 0 Å². The summed E-state index contributed by atoms with van der Waals surface area (Å²) in [6.07, 6.45) is 5.38. The van der Waals surface area contributed by atoms with Gasteiger partial charge in [0.25, 0.3) is 0 Å². The molecule has 1 saturated heterocycles. The van der Waals surface area contributed by atoms with Gasteiger partial charge in [0.2, 0.25) is 11.8 Å². The molecule has 1 fully saturated rings. The van der Waals surface area contributed by atoms with Gasteiger partial charge >= 0.3 is 6.03 Å². The molecule has 0 aromatic heterocycles. The van der Waals surface area contributed by atoms with E-state index in [1.807, 2.05) is 36.4 Å². The first-order chi connectivity index (χ1) is 11.1. The number of carbonyl (C=O) groups excluding carboxylic acids is 3. The van der Waals surface area contributed by atoms with Gasteiger partial charge in [-0.25, -0.2) is 15.6 Å². The maximum Gasteiger partial charge on any atom is 0.335 e. The smallest absolute Gasteiger partial charge is 0.276 e. The zero-order valence-electron chi connectivity index (χ0n) is 12.3. The molecular formula is C15H17N5O3. The summed E-state index contributed by atoms with van der Waals surface area (Å²) in [4.78, 5) is 33.9. The molecule has 0 radical (unpaired) electrons. The highest BCUT2D eigenvalue weighted by molar-refractivity contribution is 5.99. The normalized spacial score (nSPS) is 18.0. The first-order valence-electron chi connectivity index (χ1n) is 7.05. The molecule has 0 aliphatic carbocycles. The van der Waals surface area contributed by atoms with Gasteiger partial charge in [-0.1, -0.05) is 36.4 Å². The standard InChI is InChI=1S/C15H17N5O3/c21-13(9-8-12-14(22)17-15(23)20-18-12)19-16-10-4-7-11-5-2-1-3-6-11/h1-7,10,12,18H,8-9H2,(H,19,21)(H2,17,20,22,23)/b7-4-,16-10+. The van der Waals surface area contributed by atoms with Gasteiger partial charge in [-0.15, -0.1) is 0 Å². The summed E-state index contributed by atoms with van der Waals surface area (Å²) >= 11 is 0. The predicted molar refractivity (Wildman–Crippen MR) is 84.9 cm³/mol. The number of hydrazone groups is 1. The summed E-state index contributed by atoms with van der Waals surface area (Å²) < 4.78 is 0. The third-order valence-electron chi connectivity index (χ3n) is 3.01. The predicted octanol–water partition coefficient (Wildman–Crippen LogP) is 0.295. The Morgan fingerprint density at radius 2 is 2.04 bits per heavy atom. The number of urea groups is 1. The molecule has 8 heteroatoms. The van der Waals surface area contributed by atoms with Crippen molar-refractivity contribution in [3.05, 3.63) is 42.0 Å². The fourth-order valence-electron chi connectivity index (χ4n) is 1.85. The number of hydrogen-bond donors (Lipinski definition) is 4. The lowest BCUT2D eigenvalue weighted by Crippen LogP contribution is -2.62. The van der Waals surface area contributed by atoms with E-state index in [-0.39, 0.29) is 18.7 Å². The average Bonchev–Trinajstić information content (AvgIpc) is 2.54. The van der Waals surface area contributed by atoms with Crippen molar-refractivity contribution in [2.24, 2.45) is 5.10 Å². The second-order valence-corrected chi connectivity index (χ2v) is 4.76. The molecule has 4 N–H and O–H groups in total. The van der Waals surface area contributed by atoms with Crippen LogP contribution in [0.25, 0.3) is 6.08 Å². The minimum Gasteiger partial charge on any atom is -0.276 e. The Hall–Kier alpha value is -3.00. The van der Waals surface area contributed by atoms with Crippen LogP contribution in [-0.2, 0) is 9.59 Å². The Morgan fingerprint density at radius 3 is 2.78 bits per heavy atom. The van der Waals surface area contributed by atoms with Crippen LogP contribution in [-0.4, -0.2) is 30.1 Å². The molecule has 1 aromatic rings. The second-order valence-electron chi connectivity index (χ2n) is 4.76. The maximum absolute atomic E-state index is 11.6. The molecule has 1 unspecified atom stereocenters. The Labute approximate surface area is 133 Å². The van der Waals surface area contributed by atoms with Crippen LogP contribution in [0.4, 0.5) is 4.79 Å². The number of rotatable bonds is 6. The van der Waals surface area contributed by atoms with Crippen LogP contribution in [0.3, 0.4) is 0 Å². The molecule has 0 saturated carbocycles. The third kappa shape index (κ3) is 5.71. The topological polar surface area (TPSA) is 112 Å². The molecule has 1 heterocycles. The number of carbonyl (C=O) groups is 3. The number of benzene rings is 1. The zero-order valence-corrected chi connectivity index (χ0v) is 12.3. The van der Waals surface area contributed by atoms with Gasteiger partial charge in [-0.2, -0.15) is 5.10 Å². The molecule has 120 valence electrons. The van der Waals surface area contributed by atoms with Crippen LogP contribution >= 0.6 is 0 Å². The van der Waals surface area contributed by atoms with E-state index in [4.69, 9.17) is 0 Å². The molecule has 4 amide bonds. The van der Waals surface area contributed by atoms with Crippen LogP contribution in [0, 0.1) is 0 Å². The van der Waals surface area contributed by atoms with Gasteiger partial charge < -0.3 is 0 Å². The fourth-order valence-corrected chi connectivity index (χ4v) is 1.85. The van der Waals surface area contributed by atoms with Crippen LogP contribution < -0.4 is 21.6 Å². The van der Waals surface area contributed by atoms with Crippen molar-refractivity contribution in [3.8, 4) is 0 Å². The van der Waals surface area contributed by atoms with Crippen molar-refractivity contribution in [2.75, 3.05) is 0 Å². The Bertz CT molecular complexity index is 627. The highest BCUT2D eigenvalue weighted by Gasteiger charge is 2.25. The van der Waals surface area contributed by atoms with E-state index >= 15 is 0 Å². The molecule has 1 aliphatic rings. The minimum absolute atomic E-state index is 0.0979. The third-order valence-corrected chi connectivity index (χ3v) is 3.01. The van der Waals surface area contributed by atoms with E-state index in [1.165, 1.54) is 6.21 Å². The second kappa shape index (κ2) is 8.44. The lowest BCUT2D eigenvalue weighted by atomic mass is 10.1. The molecule has 1 aliphatic heterocycles. The van der Waals surface area contributed by atoms with E-state index in [1.54, 1.807) is 6.08 Å². The van der Waals surface area contributed by atoms with Crippen LogP contribution in [0.15, 0.2) is 41.5 Å². The highest BCUT2D eigenvalue weighted by Crippen LogP contribution is 2.00. The number of hydrazine groups is 1. The first kappa shape index (κ1) is 16.4. The quantitative estimate of drug-likeness (QED) is 0.446. The van der Waals surface area contributed by atoms with Crippen molar-refractivity contribution in [1.29, 1.82) is 0 Å². The molecule has 1 aromatic carbocycles. The average molecular weight is 315 g/mol. The van der Waals surface area contributed by atoms with Gasteiger partial charge in [0, 0.05) is 12.6 Å². The van der Waals surface area contributed by atoms with Crippen molar-refractivity contribution in [2.45, 2.75) is 18.9 Å². The number of allylic oxidation sites excluding steroid dienone is 1. The van der Waals surface area contributed by atoms with Gasteiger partial charge in [-0.3, -0.25) is 20.3 Å². The van der Waals surface area contributed by atoms with Gasteiger partial charge in [0.05, 0.1) is 0 Å². The maximum atomic E-state index is 11.6. The van der Waals surface area contributed by atoms with E-state index < -0.39 is 18.0 Å². The van der Waals surface area contributed by atoms with Crippen molar-refractivity contribution >= 4 is 30.1 Å². The Balaban J connectivity index is 1.67. The highest BCUT2D eigenvalue weighted by atomic mass is 16.2. The van der Waals surface area contributed by atoms with Gasteiger partial charge in [0.15, 0.2) is 0 Å². The molecule has 0 bridgehead atoms. The monoisotopic (exact) mass is 315 g/mol. The number of hydrogen-bond acceptors (Lipinski definition) is 5. The molecule has 1 atom stereocenters. The van der Waals surface area contributed by atoms with E-state index in [0.29, 0.717) is 0 Å². The van der Waals surface area contributed by atoms with Crippen molar-refractivity contribution in [1.82, 2.24) is 21.6 Å². The first-order valence-corrected chi connectivity index (χ1v) is 7.05. The summed E-state index contributed by atoms with van der Waals surface area (Å²) in [5.74, 6) is -0.781. The molecule has 23 heavy (non-hydrogen) atoms. The van der Waals surface area contributed by atoms with Crippen LogP contribution in [0.1, 0.15) is 18.4 Å². The number of amides is 4. The molecular weight excluding hydrogens is 298 g/mol. The zero-order chi connectivity index (χ0) is 16.5. The largest absolute Gasteiger partial charge is 0.335 e. The number of imide groups is 1. The number of nitrogens with one attached hydrogen (secondary N) is 4. The van der Waals surface area contributed by atoms with Crippen LogP contribution in [0.5, 0.6) is 0 Å². The summed E-state index contributed by atoms with van der Waals surface area (Å²) in [5.41, 5.74) is 8.19. The number of nitrogens with zero attached hydrogens (tertiary/aromatic N) is 1. The summed E-state index contributed by atoms with van der Waals surface area (Å²) in [6, 6.07) is 8.44. The SMILES string of the molecule is O=C(CCC1NNC(=O)NC1=O)N/N=C/C=C\c1ccccc1. The van der Waals surface area contributed by atoms with Crippen molar-refractivity contribution < 1.29 is 14.4 Å². The summed E-state index contributed by atoms with van der Waals surface area (Å²) in [6.45, 7) is 0. The Morgan fingerprint density at radius 1 is 1.26 bits per heavy atom. The molecule has 0 spiro atoms. The molecule has 2 rings (SSSR count). The van der Waals surface area contributed by atoms with E-state index in [9.17, 15) is 14.4 Å². The lowest BCUT2D eigenvalue weighted by Gasteiger charge is -2.22. The van der Waals surface area contributed by atoms with E-state index in [0.717, 1.165) is 5.56 Å². The fraction of sp³-hybridized carbons (Fsp3) is 0.200. The Kier molecular flexibility index (Phi) is 6.01.